The van der Waals surface area contributed by atoms with Gasteiger partial charge in [-0.2, -0.15) is 0 Å². The molecule has 0 aliphatic heterocycles. The minimum Gasteiger partial charge on any atom is -0.349 e. The molecule has 0 saturated carbocycles. The summed E-state index contributed by atoms with van der Waals surface area (Å²) in [6.45, 7) is 4.72. The third-order valence-electron chi connectivity index (χ3n) is 2.89. The van der Waals surface area contributed by atoms with Gasteiger partial charge in [-0.25, -0.2) is 0 Å². The first-order chi connectivity index (χ1) is 8.58. The van der Waals surface area contributed by atoms with E-state index in [2.05, 4.69) is 47.8 Å². The summed E-state index contributed by atoms with van der Waals surface area (Å²) < 4.78 is 0. The zero-order valence-electron chi connectivity index (χ0n) is 11.8. The lowest BCUT2D eigenvalue weighted by molar-refractivity contribution is 0.426. The third-order valence-corrected chi connectivity index (χ3v) is 2.89. The van der Waals surface area contributed by atoms with E-state index in [0.29, 0.717) is 0 Å². The lowest BCUT2D eigenvalue weighted by atomic mass is 10.1. The topological polar surface area (TPSA) is 18.8 Å². The molecule has 0 N–H and O–H groups in total. The first kappa shape index (κ1) is 14.3. The lowest BCUT2D eigenvalue weighted by Crippen LogP contribution is -2.39. The number of hydrogen-bond donors (Lipinski definition) is 0. The standard InChI is InChI=1S/C15H23N3/c1-6-13-7-9-14(10-8-13)11-12-18(5)15(16-2)17(3)4/h6-10H,1,11-12H2,2-5H3. The summed E-state index contributed by atoms with van der Waals surface area (Å²) in [7, 11) is 7.92. The smallest absolute Gasteiger partial charge is 0.195 e. The van der Waals surface area contributed by atoms with E-state index in [-0.39, 0.29) is 0 Å². The van der Waals surface area contributed by atoms with Crippen LogP contribution in [0.1, 0.15) is 11.1 Å². The zero-order chi connectivity index (χ0) is 13.5. The Balaban J connectivity index is 2.56. The van der Waals surface area contributed by atoms with Gasteiger partial charge in [0.05, 0.1) is 0 Å². The first-order valence-electron chi connectivity index (χ1n) is 6.15. The summed E-state index contributed by atoms with van der Waals surface area (Å²) in [5.74, 6) is 0.998. The number of hydrogen-bond acceptors (Lipinski definition) is 1. The van der Waals surface area contributed by atoms with E-state index in [1.807, 2.05) is 32.1 Å². The summed E-state index contributed by atoms with van der Waals surface area (Å²) in [5.41, 5.74) is 2.50. The zero-order valence-corrected chi connectivity index (χ0v) is 11.8. The van der Waals surface area contributed by atoms with E-state index in [1.165, 1.54) is 5.56 Å². The SMILES string of the molecule is C=Cc1ccc(CCN(C)C(=NC)N(C)C)cc1. The molecule has 3 nitrogen and oxygen atoms in total. The predicted octanol–water partition coefficient (Wildman–Crippen LogP) is 2.35. The Hall–Kier alpha value is -1.77. The quantitative estimate of drug-likeness (QED) is 0.599. The van der Waals surface area contributed by atoms with Crippen LogP contribution in [0.3, 0.4) is 0 Å². The summed E-state index contributed by atoms with van der Waals surface area (Å²) in [4.78, 5) is 8.48. The maximum atomic E-state index is 4.28. The largest absolute Gasteiger partial charge is 0.349 e. The Morgan fingerprint density at radius 2 is 1.83 bits per heavy atom. The average molecular weight is 245 g/mol. The van der Waals surface area contributed by atoms with Crippen LogP contribution < -0.4 is 0 Å². The molecule has 0 amide bonds. The Bertz CT molecular complexity index is 404. The van der Waals surface area contributed by atoms with Crippen molar-refractivity contribution in [2.75, 3.05) is 34.7 Å². The molecule has 1 rings (SSSR count). The van der Waals surface area contributed by atoms with Crippen molar-refractivity contribution in [1.29, 1.82) is 0 Å². The van der Waals surface area contributed by atoms with E-state index < -0.39 is 0 Å². The lowest BCUT2D eigenvalue weighted by Gasteiger charge is -2.26. The van der Waals surface area contributed by atoms with Crippen molar-refractivity contribution in [3.63, 3.8) is 0 Å². The van der Waals surface area contributed by atoms with E-state index >= 15 is 0 Å². The van der Waals surface area contributed by atoms with Gasteiger partial charge in [0, 0.05) is 34.7 Å². The fourth-order valence-electron chi connectivity index (χ4n) is 1.93. The molecule has 0 unspecified atom stereocenters. The molecule has 18 heavy (non-hydrogen) atoms. The van der Waals surface area contributed by atoms with Crippen LogP contribution in [-0.4, -0.2) is 50.5 Å². The minimum absolute atomic E-state index is 0.957. The highest BCUT2D eigenvalue weighted by atomic mass is 15.3. The van der Waals surface area contributed by atoms with Gasteiger partial charge in [0.2, 0.25) is 0 Å². The van der Waals surface area contributed by atoms with Crippen LogP contribution in [0.4, 0.5) is 0 Å². The highest BCUT2D eigenvalue weighted by molar-refractivity contribution is 5.79. The van der Waals surface area contributed by atoms with Crippen molar-refractivity contribution >= 4 is 12.0 Å². The Morgan fingerprint density at radius 1 is 1.22 bits per heavy atom. The van der Waals surface area contributed by atoms with E-state index in [9.17, 15) is 0 Å². The molecular formula is C15H23N3. The molecule has 0 heterocycles. The van der Waals surface area contributed by atoms with Gasteiger partial charge in [0.1, 0.15) is 0 Å². The molecule has 98 valence electrons. The molecule has 0 aliphatic carbocycles. The molecule has 0 aliphatic rings. The summed E-state index contributed by atoms with van der Waals surface area (Å²) in [5, 5.41) is 0. The first-order valence-corrected chi connectivity index (χ1v) is 6.15. The van der Waals surface area contributed by atoms with Crippen molar-refractivity contribution in [1.82, 2.24) is 9.80 Å². The van der Waals surface area contributed by atoms with Gasteiger partial charge < -0.3 is 9.80 Å². The van der Waals surface area contributed by atoms with Crippen molar-refractivity contribution < 1.29 is 0 Å². The minimum atomic E-state index is 0.957. The molecule has 3 heteroatoms. The predicted molar refractivity (Wildman–Crippen MR) is 79.9 cm³/mol. The molecular weight excluding hydrogens is 222 g/mol. The van der Waals surface area contributed by atoms with Gasteiger partial charge >= 0.3 is 0 Å². The molecule has 0 aromatic heterocycles. The van der Waals surface area contributed by atoms with E-state index in [1.54, 1.807) is 0 Å². The number of benzene rings is 1. The number of likely N-dealkylation sites (N-methyl/N-ethyl adjacent to an activating group) is 1. The second-order valence-corrected chi connectivity index (χ2v) is 4.54. The van der Waals surface area contributed by atoms with Crippen LogP contribution in [0.2, 0.25) is 0 Å². The van der Waals surface area contributed by atoms with Crippen molar-refractivity contribution in [2.45, 2.75) is 6.42 Å². The number of guanidine groups is 1. The Labute approximate surface area is 110 Å². The van der Waals surface area contributed by atoms with Gasteiger partial charge in [-0.3, -0.25) is 4.99 Å². The normalized spacial score (nSPS) is 11.2. The molecule has 0 fully saturated rings. The molecule has 0 bridgehead atoms. The molecule has 1 aromatic rings. The summed E-state index contributed by atoms with van der Waals surface area (Å²) >= 11 is 0. The molecule has 0 atom stereocenters. The van der Waals surface area contributed by atoms with Crippen LogP contribution in [0.5, 0.6) is 0 Å². The van der Waals surface area contributed by atoms with Crippen LogP contribution >= 0.6 is 0 Å². The van der Waals surface area contributed by atoms with Crippen molar-refractivity contribution in [2.24, 2.45) is 4.99 Å². The second-order valence-electron chi connectivity index (χ2n) is 4.54. The molecule has 0 radical (unpaired) electrons. The third kappa shape index (κ3) is 3.91. The average Bonchev–Trinajstić information content (AvgIpc) is 2.37. The van der Waals surface area contributed by atoms with Gasteiger partial charge in [-0.15, -0.1) is 0 Å². The van der Waals surface area contributed by atoms with Crippen LogP contribution in [0.25, 0.3) is 6.08 Å². The van der Waals surface area contributed by atoms with Gasteiger partial charge in [0.25, 0.3) is 0 Å². The maximum absolute atomic E-state index is 4.28. The van der Waals surface area contributed by atoms with Gasteiger partial charge in [0.15, 0.2) is 5.96 Å². The summed E-state index contributed by atoms with van der Waals surface area (Å²) in [6.07, 6.45) is 2.88. The number of nitrogens with zero attached hydrogens (tertiary/aromatic N) is 3. The van der Waals surface area contributed by atoms with Gasteiger partial charge in [-0.1, -0.05) is 36.9 Å². The van der Waals surface area contributed by atoms with Gasteiger partial charge in [-0.05, 0) is 17.5 Å². The number of rotatable bonds is 4. The van der Waals surface area contributed by atoms with Crippen molar-refractivity contribution in [3.05, 3.63) is 42.0 Å². The van der Waals surface area contributed by atoms with Crippen LogP contribution in [-0.2, 0) is 6.42 Å². The Kier molecular flexibility index (Phi) is 5.43. The fourth-order valence-corrected chi connectivity index (χ4v) is 1.93. The van der Waals surface area contributed by atoms with Crippen LogP contribution in [0, 0.1) is 0 Å². The molecule has 1 aromatic carbocycles. The van der Waals surface area contributed by atoms with Crippen molar-refractivity contribution in [3.8, 4) is 0 Å². The fraction of sp³-hybridized carbons (Fsp3) is 0.400. The highest BCUT2D eigenvalue weighted by Crippen LogP contribution is 2.07. The molecule has 0 spiro atoms. The maximum Gasteiger partial charge on any atom is 0.195 e. The van der Waals surface area contributed by atoms with Crippen LogP contribution in [0.15, 0.2) is 35.8 Å². The number of aliphatic imine (C=N–C) groups is 1. The van der Waals surface area contributed by atoms with E-state index in [0.717, 1.165) is 24.5 Å². The monoisotopic (exact) mass is 245 g/mol. The highest BCUT2D eigenvalue weighted by Gasteiger charge is 2.07. The second kappa shape index (κ2) is 6.84. The molecule has 0 saturated heterocycles. The Morgan fingerprint density at radius 3 is 2.28 bits per heavy atom. The summed E-state index contributed by atoms with van der Waals surface area (Å²) in [6, 6.07) is 8.51. The van der Waals surface area contributed by atoms with E-state index in [4.69, 9.17) is 0 Å².